The number of aromatic nitrogens is 3. The van der Waals surface area contributed by atoms with E-state index in [0.29, 0.717) is 6.61 Å². The first-order valence-electron chi connectivity index (χ1n) is 10.3. The highest BCUT2D eigenvalue weighted by Crippen LogP contribution is 2.39. The van der Waals surface area contributed by atoms with Gasteiger partial charge in [0.05, 0.1) is 30.8 Å². The monoisotopic (exact) mass is 430 g/mol. The minimum absolute atomic E-state index is 0. The van der Waals surface area contributed by atoms with Crippen LogP contribution in [0.2, 0.25) is 0 Å². The lowest BCUT2D eigenvalue weighted by Gasteiger charge is -2.20. The van der Waals surface area contributed by atoms with E-state index in [2.05, 4.69) is 37.4 Å². The van der Waals surface area contributed by atoms with Crippen molar-refractivity contribution in [3.05, 3.63) is 46.4 Å². The van der Waals surface area contributed by atoms with Gasteiger partial charge in [-0.05, 0) is 61.9 Å². The molecule has 0 bridgehead atoms. The van der Waals surface area contributed by atoms with Crippen molar-refractivity contribution in [3.63, 3.8) is 0 Å². The van der Waals surface area contributed by atoms with Crippen LogP contribution in [0.5, 0.6) is 5.75 Å². The molecule has 1 unspecified atom stereocenters. The predicted molar refractivity (Wildman–Crippen MR) is 122 cm³/mol. The van der Waals surface area contributed by atoms with Crippen molar-refractivity contribution in [1.29, 1.82) is 0 Å². The van der Waals surface area contributed by atoms with Crippen molar-refractivity contribution in [3.8, 4) is 16.9 Å². The standard InChI is InChI=1S/C23H30N4O2.ClH/c1-6-15(12-28-4)22-18-9-10-19(24)21(18)25-23-20(14(3)26-27(22)23)17-8-7-16(29-5)11-13(17)2;/h7-8,11,15,19H,6,9-10,12,24H2,1-5H3;1H/t15-,19?;/m0./s1. The Labute approximate surface area is 184 Å². The fourth-order valence-corrected chi connectivity index (χ4v) is 4.60. The zero-order valence-corrected chi connectivity index (χ0v) is 19.2. The van der Waals surface area contributed by atoms with Gasteiger partial charge in [0.1, 0.15) is 5.75 Å². The summed E-state index contributed by atoms with van der Waals surface area (Å²) in [5, 5.41) is 4.95. The Balaban J connectivity index is 0.00000256. The number of benzene rings is 1. The number of hydrogen-bond acceptors (Lipinski definition) is 5. The molecule has 0 amide bonds. The molecule has 4 rings (SSSR count). The number of aryl methyl sites for hydroxylation is 2. The lowest BCUT2D eigenvalue weighted by Crippen LogP contribution is -2.17. The van der Waals surface area contributed by atoms with Gasteiger partial charge < -0.3 is 15.2 Å². The molecule has 2 N–H and O–H groups in total. The minimum Gasteiger partial charge on any atom is -0.497 e. The van der Waals surface area contributed by atoms with Crippen molar-refractivity contribution in [2.24, 2.45) is 5.73 Å². The quantitative estimate of drug-likeness (QED) is 0.621. The van der Waals surface area contributed by atoms with Crippen molar-refractivity contribution < 1.29 is 9.47 Å². The molecule has 6 nitrogen and oxygen atoms in total. The molecular weight excluding hydrogens is 400 g/mol. The molecule has 1 aliphatic carbocycles. The molecule has 0 fully saturated rings. The zero-order chi connectivity index (χ0) is 20.7. The first kappa shape index (κ1) is 22.5. The van der Waals surface area contributed by atoms with Gasteiger partial charge in [0, 0.05) is 24.6 Å². The number of methoxy groups -OCH3 is 2. The van der Waals surface area contributed by atoms with Gasteiger partial charge >= 0.3 is 0 Å². The smallest absolute Gasteiger partial charge is 0.163 e. The van der Waals surface area contributed by atoms with Crippen LogP contribution in [0.3, 0.4) is 0 Å². The van der Waals surface area contributed by atoms with Crippen molar-refractivity contribution in [1.82, 2.24) is 14.6 Å². The molecule has 0 spiro atoms. The van der Waals surface area contributed by atoms with Gasteiger partial charge in [0.2, 0.25) is 0 Å². The molecule has 2 atom stereocenters. The summed E-state index contributed by atoms with van der Waals surface area (Å²) >= 11 is 0. The number of nitrogens with two attached hydrogens (primary N) is 1. The third-order valence-corrected chi connectivity index (χ3v) is 6.12. The van der Waals surface area contributed by atoms with E-state index < -0.39 is 0 Å². The summed E-state index contributed by atoms with van der Waals surface area (Å²) in [6, 6.07) is 6.12. The van der Waals surface area contributed by atoms with E-state index in [4.69, 9.17) is 25.3 Å². The van der Waals surface area contributed by atoms with Gasteiger partial charge in [0.25, 0.3) is 0 Å². The molecule has 0 saturated heterocycles. The van der Waals surface area contributed by atoms with Gasteiger partial charge in [-0.15, -0.1) is 12.4 Å². The fraction of sp³-hybridized carbons (Fsp3) is 0.478. The van der Waals surface area contributed by atoms with Gasteiger partial charge in [0.15, 0.2) is 5.65 Å². The second-order valence-electron chi connectivity index (χ2n) is 7.94. The van der Waals surface area contributed by atoms with Crippen LogP contribution in [-0.2, 0) is 11.2 Å². The Morgan fingerprint density at radius 3 is 2.67 bits per heavy atom. The molecule has 0 saturated carbocycles. The van der Waals surface area contributed by atoms with Gasteiger partial charge in [-0.3, -0.25) is 0 Å². The molecule has 30 heavy (non-hydrogen) atoms. The molecule has 0 radical (unpaired) electrons. The highest BCUT2D eigenvalue weighted by atomic mass is 35.5. The molecule has 162 valence electrons. The second kappa shape index (κ2) is 8.92. The van der Waals surface area contributed by atoms with Crippen LogP contribution >= 0.6 is 12.4 Å². The third kappa shape index (κ3) is 3.57. The highest BCUT2D eigenvalue weighted by Gasteiger charge is 2.31. The van der Waals surface area contributed by atoms with Crippen molar-refractivity contribution in [2.45, 2.75) is 52.0 Å². The maximum Gasteiger partial charge on any atom is 0.163 e. The lowest BCUT2D eigenvalue weighted by molar-refractivity contribution is 0.175. The summed E-state index contributed by atoms with van der Waals surface area (Å²) in [5.74, 6) is 1.11. The van der Waals surface area contributed by atoms with Gasteiger partial charge in [-0.2, -0.15) is 5.10 Å². The van der Waals surface area contributed by atoms with Crippen LogP contribution in [0.4, 0.5) is 0 Å². The van der Waals surface area contributed by atoms with E-state index in [-0.39, 0.29) is 24.4 Å². The summed E-state index contributed by atoms with van der Waals surface area (Å²) in [7, 11) is 3.45. The predicted octanol–water partition coefficient (Wildman–Crippen LogP) is 4.53. The lowest BCUT2D eigenvalue weighted by atomic mass is 9.96. The maximum absolute atomic E-state index is 6.45. The summed E-state index contributed by atoms with van der Waals surface area (Å²) in [4.78, 5) is 5.06. The average Bonchev–Trinajstić information content (AvgIpc) is 3.24. The summed E-state index contributed by atoms with van der Waals surface area (Å²) < 4.78 is 13.0. The van der Waals surface area contributed by atoms with E-state index in [1.54, 1.807) is 14.2 Å². The highest BCUT2D eigenvalue weighted by molar-refractivity contribution is 5.85. The first-order valence-corrected chi connectivity index (χ1v) is 10.3. The van der Waals surface area contributed by atoms with Crippen LogP contribution in [-0.4, -0.2) is 35.4 Å². The zero-order valence-electron chi connectivity index (χ0n) is 18.4. The molecule has 0 aliphatic heterocycles. The summed E-state index contributed by atoms with van der Waals surface area (Å²) in [5.41, 5.74) is 15.1. The Hall–Kier alpha value is -2.15. The number of halogens is 1. The SMILES string of the molecule is CC[C@@H](COC)c1c2c(nc3c(-c4ccc(OC)cc4C)c(C)nn13)C(N)CC2.Cl. The van der Waals surface area contributed by atoms with Crippen molar-refractivity contribution >= 4 is 18.1 Å². The van der Waals surface area contributed by atoms with E-state index >= 15 is 0 Å². The molecule has 1 aromatic carbocycles. The largest absolute Gasteiger partial charge is 0.497 e. The van der Waals surface area contributed by atoms with Crippen LogP contribution in [0.15, 0.2) is 18.2 Å². The van der Waals surface area contributed by atoms with Crippen molar-refractivity contribution in [2.75, 3.05) is 20.8 Å². The van der Waals surface area contributed by atoms with Gasteiger partial charge in [-0.25, -0.2) is 9.50 Å². The molecule has 3 aromatic rings. The van der Waals surface area contributed by atoms with E-state index in [0.717, 1.165) is 58.7 Å². The second-order valence-corrected chi connectivity index (χ2v) is 7.94. The Kier molecular flexibility index (Phi) is 6.70. The normalized spacial score (nSPS) is 16.4. The number of hydrogen-bond donors (Lipinski definition) is 1. The van der Waals surface area contributed by atoms with E-state index in [1.165, 1.54) is 11.3 Å². The number of nitrogens with zero attached hydrogens (tertiary/aromatic N) is 3. The third-order valence-electron chi connectivity index (χ3n) is 6.12. The molecule has 1 aliphatic rings. The Bertz CT molecular complexity index is 1060. The van der Waals surface area contributed by atoms with E-state index in [1.807, 2.05) is 6.07 Å². The number of fused-ring (bicyclic) bond motifs is 2. The Morgan fingerprint density at radius 2 is 2.03 bits per heavy atom. The molecule has 2 aromatic heterocycles. The van der Waals surface area contributed by atoms with E-state index in [9.17, 15) is 0 Å². The van der Waals surface area contributed by atoms with Crippen LogP contribution in [0.25, 0.3) is 16.8 Å². The molecule has 2 heterocycles. The molecular formula is C23H31ClN4O2. The van der Waals surface area contributed by atoms with Crippen LogP contribution in [0, 0.1) is 13.8 Å². The van der Waals surface area contributed by atoms with Crippen LogP contribution < -0.4 is 10.5 Å². The molecule has 7 heteroatoms. The topological polar surface area (TPSA) is 74.7 Å². The number of ether oxygens (including phenoxy) is 2. The Morgan fingerprint density at radius 1 is 1.27 bits per heavy atom. The van der Waals surface area contributed by atoms with Crippen LogP contribution in [0.1, 0.15) is 59.9 Å². The number of rotatable bonds is 6. The first-order chi connectivity index (χ1) is 14.0. The summed E-state index contributed by atoms with van der Waals surface area (Å²) in [6.07, 6.45) is 2.86. The summed E-state index contributed by atoms with van der Waals surface area (Å²) in [6.45, 7) is 7.01. The van der Waals surface area contributed by atoms with Gasteiger partial charge in [-0.1, -0.05) is 13.0 Å². The average molecular weight is 431 g/mol. The fourth-order valence-electron chi connectivity index (χ4n) is 4.60. The minimum atomic E-state index is -0.0196. The maximum atomic E-state index is 6.45.